The van der Waals surface area contributed by atoms with Crippen LogP contribution in [0.5, 0.6) is 0 Å². The van der Waals surface area contributed by atoms with Crippen molar-refractivity contribution in [2.24, 2.45) is 0 Å². The lowest BCUT2D eigenvalue weighted by atomic mass is 10.1. The average Bonchev–Trinajstić information content (AvgIpc) is 2.80. The first kappa shape index (κ1) is 13.1. The summed E-state index contributed by atoms with van der Waals surface area (Å²) in [7, 11) is 0. The lowest BCUT2D eigenvalue weighted by Gasteiger charge is -2.09. The van der Waals surface area contributed by atoms with Crippen molar-refractivity contribution in [3.8, 4) is 0 Å². The minimum atomic E-state index is 0.267. The molecule has 3 heteroatoms. The van der Waals surface area contributed by atoms with Crippen LogP contribution in [-0.4, -0.2) is 0 Å². The van der Waals surface area contributed by atoms with E-state index in [1.807, 2.05) is 24.3 Å². The number of hydrogen-bond acceptors (Lipinski definition) is 1. The average molecular weight is 330 g/mol. The van der Waals surface area contributed by atoms with Crippen LogP contribution in [0.4, 0.5) is 0 Å². The molecular formula is C14H14BrClS. The predicted octanol–water partition coefficient (Wildman–Crippen LogP) is 5.76. The molecule has 17 heavy (non-hydrogen) atoms. The molecule has 0 nitrogen and oxygen atoms in total. The molecule has 0 fully saturated rings. The van der Waals surface area contributed by atoms with E-state index in [9.17, 15) is 0 Å². The van der Waals surface area contributed by atoms with E-state index in [4.69, 9.17) is 11.6 Å². The zero-order valence-electron chi connectivity index (χ0n) is 9.84. The molecule has 0 saturated carbocycles. The molecule has 0 aliphatic carbocycles. The van der Waals surface area contributed by atoms with E-state index in [1.54, 1.807) is 0 Å². The molecular weight excluding hydrogens is 316 g/mol. The first-order valence-corrected chi connectivity index (χ1v) is 7.71. The lowest BCUT2D eigenvalue weighted by Crippen LogP contribution is -1.90. The molecule has 1 aromatic heterocycles. The van der Waals surface area contributed by atoms with Gasteiger partial charge >= 0.3 is 0 Å². The summed E-state index contributed by atoms with van der Waals surface area (Å²) < 4.78 is 0. The summed E-state index contributed by atoms with van der Waals surface area (Å²) in [4.78, 5) is 3.04. The second kappa shape index (κ2) is 5.55. The fourth-order valence-corrected chi connectivity index (χ4v) is 3.50. The Labute approximate surface area is 120 Å². The van der Waals surface area contributed by atoms with Crippen LogP contribution < -0.4 is 0 Å². The molecule has 1 heterocycles. The maximum atomic E-state index is 6.05. The van der Waals surface area contributed by atoms with Gasteiger partial charge in [-0.1, -0.05) is 46.6 Å². The third-order valence-corrected chi connectivity index (χ3v) is 5.80. The summed E-state index contributed by atoms with van der Waals surface area (Å²) in [5.41, 5.74) is 2.39. The smallest absolute Gasteiger partial charge is 0.0738 e. The van der Waals surface area contributed by atoms with Crippen LogP contribution in [0.25, 0.3) is 0 Å². The van der Waals surface area contributed by atoms with Gasteiger partial charge in [0, 0.05) is 14.8 Å². The number of hydrogen-bond donors (Lipinski definition) is 0. The van der Waals surface area contributed by atoms with E-state index in [-0.39, 0.29) is 4.83 Å². The first-order valence-electron chi connectivity index (χ1n) is 5.60. The van der Waals surface area contributed by atoms with Crippen LogP contribution >= 0.6 is 38.9 Å². The van der Waals surface area contributed by atoms with Gasteiger partial charge in [-0.2, -0.15) is 0 Å². The summed E-state index contributed by atoms with van der Waals surface area (Å²) in [6, 6.07) is 10.6. The summed E-state index contributed by atoms with van der Waals surface area (Å²) in [6.45, 7) is 4.22. The Hall–Kier alpha value is -0.310. The van der Waals surface area contributed by atoms with Gasteiger partial charge in [-0.05, 0) is 42.7 Å². The normalized spacial score (nSPS) is 12.7. The molecule has 0 saturated heterocycles. The Morgan fingerprint density at radius 2 is 2.06 bits per heavy atom. The number of rotatable bonds is 3. The number of alkyl halides is 1. The van der Waals surface area contributed by atoms with Crippen molar-refractivity contribution in [3.05, 3.63) is 56.2 Å². The minimum absolute atomic E-state index is 0.267. The van der Waals surface area contributed by atoms with E-state index in [1.165, 1.54) is 15.3 Å². The van der Waals surface area contributed by atoms with Gasteiger partial charge in [0.25, 0.3) is 0 Å². The third-order valence-electron chi connectivity index (χ3n) is 2.76. The Bertz CT molecular complexity index is 519. The summed E-state index contributed by atoms with van der Waals surface area (Å²) >= 11 is 11.7. The van der Waals surface area contributed by atoms with Crippen LogP contribution in [0, 0.1) is 6.92 Å². The topological polar surface area (TPSA) is 0 Å². The second-order valence-corrected chi connectivity index (χ2v) is 6.55. The zero-order chi connectivity index (χ0) is 12.4. The molecule has 1 aromatic carbocycles. The van der Waals surface area contributed by atoms with Crippen molar-refractivity contribution in [2.45, 2.75) is 25.1 Å². The molecule has 2 aromatic rings. The fraction of sp³-hybridized carbons (Fsp3) is 0.286. The van der Waals surface area contributed by atoms with Crippen LogP contribution in [-0.2, 0) is 6.42 Å². The van der Waals surface area contributed by atoms with Crippen LogP contribution in [0.1, 0.15) is 32.6 Å². The highest BCUT2D eigenvalue weighted by Crippen LogP contribution is 2.36. The van der Waals surface area contributed by atoms with Gasteiger partial charge < -0.3 is 0 Å². The number of thiophene rings is 1. The van der Waals surface area contributed by atoms with Crippen molar-refractivity contribution >= 4 is 38.9 Å². The molecule has 90 valence electrons. The number of benzene rings is 1. The third kappa shape index (κ3) is 2.93. The molecule has 0 N–H and O–H groups in total. The number of aryl methyl sites for hydroxylation is 2. The van der Waals surface area contributed by atoms with Crippen molar-refractivity contribution in [1.29, 1.82) is 0 Å². The van der Waals surface area contributed by atoms with Crippen molar-refractivity contribution in [3.63, 3.8) is 0 Å². The molecule has 0 aliphatic heterocycles. The van der Waals surface area contributed by atoms with Crippen molar-refractivity contribution in [2.75, 3.05) is 0 Å². The monoisotopic (exact) mass is 328 g/mol. The molecule has 0 radical (unpaired) electrons. The van der Waals surface area contributed by atoms with E-state index in [0.717, 1.165) is 17.0 Å². The Balaban J connectivity index is 2.29. The van der Waals surface area contributed by atoms with E-state index < -0.39 is 0 Å². The quantitative estimate of drug-likeness (QED) is 0.628. The molecule has 1 atom stereocenters. The predicted molar refractivity (Wildman–Crippen MR) is 80.7 cm³/mol. The van der Waals surface area contributed by atoms with Crippen molar-refractivity contribution in [1.82, 2.24) is 0 Å². The van der Waals surface area contributed by atoms with Crippen molar-refractivity contribution < 1.29 is 0 Å². The second-order valence-electron chi connectivity index (χ2n) is 4.03. The molecule has 2 rings (SSSR count). The lowest BCUT2D eigenvalue weighted by molar-refractivity contribution is 1.19. The highest BCUT2D eigenvalue weighted by molar-refractivity contribution is 9.09. The molecule has 0 aliphatic rings. The Kier molecular flexibility index (Phi) is 4.29. The maximum absolute atomic E-state index is 6.05. The van der Waals surface area contributed by atoms with E-state index in [2.05, 4.69) is 47.1 Å². The SMILES string of the molecule is CCc1ccc(C(Br)c2ccc(Cl)c(C)c2)s1. The van der Waals surface area contributed by atoms with Crippen LogP contribution in [0.15, 0.2) is 30.3 Å². The summed E-state index contributed by atoms with van der Waals surface area (Å²) in [5.74, 6) is 0. The van der Waals surface area contributed by atoms with Gasteiger partial charge in [-0.3, -0.25) is 0 Å². The van der Waals surface area contributed by atoms with Gasteiger partial charge in [0.15, 0.2) is 0 Å². The van der Waals surface area contributed by atoms with Gasteiger partial charge in [-0.15, -0.1) is 11.3 Å². The Morgan fingerprint density at radius 1 is 1.29 bits per heavy atom. The highest BCUT2D eigenvalue weighted by atomic mass is 79.9. The number of halogens is 2. The van der Waals surface area contributed by atoms with E-state index in [0.29, 0.717) is 0 Å². The van der Waals surface area contributed by atoms with Crippen LogP contribution in [0.2, 0.25) is 5.02 Å². The molecule has 0 amide bonds. The summed E-state index contributed by atoms with van der Waals surface area (Å²) in [6.07, 6.45) is 1.10. The minimum Gasteiger partial charge on any atom is -0.144 e. The first-order chi connectivity index (χ1) is 8.11. The van der Waals surface area contributed by atoms with Gasteiger partial charge in [0.05, 0.1) is 4.83 Å². The largest absolute Gasteiger partial charge is 0.144 e. The molecule has 0 bridgehead atoms. The van der Waals surface area contributed by atoms with Crippen LogP contribution in [0.3, 0.4) is 0 Å². The Morgan fingerprint density at radius 3 is 2.65 bits per heavy atom. The molecule has 0 spiro atoms. The maximum Gasteiger partial charge on any atom is 0.0738 e. The van der Waals surface area contributed by atoms with E-state index >= 15 is 0 Å². The molecule has 1 unspecified atom stereocenters. The van der Waals surface area contributed by atoms with Gasteiger partial charge in [-0.25, -0.2) is 0 Å². The van der Waals surface area contributed by atoms with Gasteiger partial charge in [0.1, 0.15) is 0 Å². The fourth-order valence-electron chi connectivity index (χ4n) is 1.71. The standard InChI is InChI=1S/C14H14BrClS/c1-3-11-5-7-13(17-11)14(15)10-4-6-12(16)9(2)8-10/h4-8,14H,3H2,1-2H3. The highest BCUT2D eigenvalue weighted by Gasteiger charge is 2.13. The summed E-state index contributed by atoms with van der Waals surface area (Å²) in [5, 5.41) is 0.828. The van der Waals surface area contributed by atoms with Gasteiger partial charge in [0.2, 0.25) is 0 Å². The zero-order valence-corrected chi connectivity index (χ0v) is 13.0.